The highest BCUT2D eigenvalue weighted by atomic mass is 32.1. The molecule has 2 aliphatic rings. The quantitative estimate of drug-likeness (QED) is 0.901. The normalized spacial score (nSPS) is 24.6. The molecule has 1 unspecified atom stereocenters. The molecular formula is C13H19N3OS. The summed E-state index contributed by atoms with van der Waals surface area (Å²) in [7, 11) is 0. The second kappa shape index (κ2) is 4.97. The summed E-state index contributed by atoms with van der Waals surface area (Å²) < 4.78 is 0. The highest BCUT2D eigenvalue weighted by Crippen LogP contribution is 2.23. The van der Waals surface area contributed by atoms with E-state index in [1.807, 2.05) is 11.1 Å². The van der Waals surface area contributed by atoms with Gasteiger partial charge in [-0.15, -0.1) is 11.3 Å². The van der Waals surface area contributed by atoms with Crippen molar-refractivity contribution in [2.24, 2.45) is 0 Å². The van der Waals surface area contributed by atoms with Gasteiger partial charge in [0.2, 0.25) is 5.91 Å². The third-order valence-electron chi connectivity index (χ3n) is 3.54. The largest absolute Gasteiger partial charge is 0.335 e. The van der Waals surface area contributed by atoms with Crippen molar-refractivity contribution < 1.29 is 4.79 Å². The Morgan fingerprint density at radius 3 is 3.00 bits per heavy atom. The number of carbonyl (C=O) groups is 1. The molecule has 0 radical (unpaired) electrons. The molecule has 1 aromatic heterocycles. The lowest BCUT2D eigenvalue weighted by atomic mass is 10.0. The Hall–Kier alpha value is -0.940. The maximum Gasteiger partial charge on any atom is 0.240 e. The van der Waals surface area contributed by atoms with E-state index in [2.05, 4.69) is 17.2 Å². The number of aromatic nitrogens is 1. The fraction of sp³-hybridized carbons (Fsp3) is 0.692. The van der Waals surface area contributed by atoms with Gasteiger partial charge in [0.25, 0.3) is 0 Å². The lowest BCUT2D eigenvalue weighted by molar-refractivity contribution is -0.136. The zero-order valence-electron chi connectivity index (χ0n) is 10.7. The van der Waals surface area contributed by atoms with E-state index >= 15 is 0 Å². The number of nitrogens with one attached hydrogen (secondary N) is 1. The molecule has 1 atom stereocenters. The van der Waals surface area contributed by atoms with Gasteiger partial charge in [0.05, 0.1) is 12.6 Å². The fourth-order valence-electron chi connectivity index (χ4n) is 2.42. The number of carbonyl (C=O) groups excluding carboxylic acids is 1. The average molecular weight is 265 g/mol. The van der Waals surface area contributed by atoms with E-state index in [9.17, 15) is 4.79 Å². The van der Waals surface area contributed by atoms with Crippen LogP contribution in [0.25, 0.3) is 0 Å². The van der Waals surface area contributed by atoms with Gasteiger partial charge < -0.3 is 10.2 Å². The van der Waals surface area contributed by atoms with Gasteiger partial charge in [0, 0.05) is 23.7 Å². The van der Waals surface area contributed by atoms with E-state index in [4.69, 9.17) is 0 Å². The maximum absolute atomic E-state index is 12.3. The van der Waals surface area contributed by atoms with E-state index in [0.29, 0.717) is 12.6 Å². The Balaban J connectivity index is 1.62. The smallest absolute Gasteiger partial charge is 0.240 e. The molecule has 5 heteroatoms. The highest BCUT2D eigenvalue weighted by molar-refractivity contribution is 7.11. The van der Waals surface area contributed by atoms with Crippen LogP contribution in [0.4, 0.5) is 0 Å². The van der Waals surface area contributed by atoms with E-state index in [-0.39, 0.29) is 11.9 Å². The Labute approximate surface area is 111 Å². The summed E-state index contributed by atoms with van der Waals surface area (Å²) >= 11 is 1.69. The standard InChI is InChI=1S/C13H19N3OS/c1-9-7-14-12(18-9)8-16-6-2-3-11(13(16)17)15-10-4-5-10/h7,10-11,15H,2-6,8H2,1H3. The predicted molar refractivity (Wildman–Crippen MR) is 71.4 cm³/mol. The maximum atomic E-state index is 12.3. The van der Waals surface area contributed by atoms with Crippen molar-refractivity contribution in [3.63, 3.8) is 0 Å². The molecule has 1 saturated heterocycles. The molecule has 1 saturated carbocycles. The molecule has 0 aromatic carbocycles. The molecule has 3 rings (SSSR count). The first-order valence-corrected chi connectivity index (χ1v) is 7.50. The third kappa shape index (κ3) is 2.72. The summed E-state index contributed by atoms with van der Waals surface area (Å²) in [5.41, 5.74) is 0. The SMILES string of the molecule is Cc1cnc(CN2CCCC(NC3CC3)C2=O)s1. The first-order valence-electron chi connectivity index (χ1n) is 6.68. The second-order valence-electron chi connectivity index (χ2n) is 5.26. The molecule has 2 heterocycles. The summed E-state index contributed by atoms with van der Waals surface area (Å²) in [4.78, 5) is 19.9. The fourth-order valence-corrected chi connectivity index (χ4v) is 3.23. The number of thiazole rings is 1. The minimum atomic E-state index is 0.0484. The molecule has 1 aromatic rings. The van der Waals surface area contributed by atoms with Crippen LogP contribution < -0.4 is 5.32 Å². The van der Waals surface area contributed by atoms with Crippen molar-refractivity contribution in [1.82, 2.24) is 15.2 Å². The molecule has 0 spiro atoms. The van der Waals surface area contributed by atoms with E-state index in [1.54, 1.807) is 11.3 Å². The van der Waals surface area contributed by atoms with Gasteiger partial charge in [-0.25, -0.2) is 4.98 Å². The van der Waals surface area contributed by atoms with Gasteiger partial charge in [-0.3, -0.25) is 4.79 Å². The molecule has 4 nitrogen and oxygen atoms in total. The molecule has 1 aliphatic heterocycles. The van der Waals surface area contributed by atoms with Gasteiger partial charge in [-0.05, 0) is 32.6 Å². The number of nitrogens with zero attached hydrogens (tertiary/aromatic N) is 2. The van der Waals surface area contributed by atoms with Crippen molar-refractivity contribution in [1.29, 1.82) is 0 Å². The molecule has 1 N–H and O–H groups in total. The number of hydrogen-bond donors (Lipinski definition) is 1. The van der Waals surface area contributed by atoms with Crippen LogP contribution in [0.1, 0.15) is 35.6 Å². The Morgan fingerprint density at radius 2 is 2.33 bits per heavy atom. The Bertz CT molecular complexity index is 441. The van der Waals surface area contributed by atoms with Crippen molar-refractivity contribution in [3.05, 3.63) is 16.1 Å². The van der Waals surface area contributed by atoms with Crippen LogP contribution in [0.5, 0.6) is 0 Å². The monoisotopic (exact) mass is 265 g/mol. The zero-order valence-corrected chi connectivity index (χ0v) is 11.5. The summed E-state index contributed by atoms with van der Waals surface area (Å²) in [5, 5.41) is 4.50. The first-order chi connectivity index (χ1) is 8.72. The lowest BCUT2D eigenvalue weighted by Gasteiger charge is -2.32. The Morgan fingerprint density at radius 1 is 1.50 bits per heavy atom. The van der Waals surface area contributed by atoms with E-state index in [0.717, 1.165) is 24.4 Å². The van der Waals surface area contributed by atoms with E-state index < -0.39 is 0 Å². The van der Waals surface area contributed by atoms with Crippen LogP contribution in [0.15, 0.2) is 6.20 Å². The highest BCUT2D eigenvalue weighted by Gasteiger charge is 2.33. The number of hydrogen-bond acceptors (Lipinski definition) is 4. The molecule has 1 aliphatic carbocycles. The number of aryl methyl sites for hydroxylation is 1. The number of amides is 1. The van der Waals surface area contributed by atoms with Gasteiger partial charge in [0.15, 0.2) is 0 Å². The molecular weight excluding hydrogens is 246 g/mol. The first kappa shape index (κ1) is 12.1. The topological polar surface area (TPSA) is 45.2 Å². The van der Waals surface area contributed by atoms with Crippen LogP contribution >= 0.6 is 11.3 Å². The van der Waals surface area contributed by atoms with Gasteiger partial charge in [0.1, 0.15) is 5.01 Å². The minimum absolute atomic E-state index is 0.0484. The molecule has 2 fully saturated rings. The van der Waals surface area contributed by atoms with Crippen LogP contribution in [-0.4, -0.2) is 34.4 Å². The third-order valence-corrected chi connectivity index (χ3v) is 4.44. The van der Waals surface area contributed by atoms with Gasteiger partial charge in [-0.1, -0.05) is 0 Å². The van der Waals surface area contributed by atoms with Crippen LogP contribution in [0.2, 0.25) is 0 Å². The van der Waals surface area contributed by atoms with Crippen LogP contribution in [-0.2, 0) is 11.3 Å². The minimum Gasteiger partial charge on any atom is -0.335 e. The molecule has 98 valence electrons. The average Bonchev–Trinajstić information content (AvgIpc) is 3.07. The van der Waals surface area contributed by atoms with Crippen molar-refractivity contribution in [2.45, 2.75) is 51.2 Å². The lowest BCUT2D eigenvalue weighted by Crippen LogP contribution is -2.50. The molecule has 0 bridgehead atoms. The predicted octanol–water partition coefficient (Wildman–Crippen LogP) is 1.69. The summed E-state index contributed by atoms with van der Waals surface area (Å²) in [6, 6.07) is 0.647. The summed E-state index contributed by atoms with van der Waals surface area (Å²) in [6.07, 6.45) is 6.43. The number of likely N-dealkylation sites (tertiary alicyclic amines) is 1. The Kier molecular flexibility index (Phi) is 3.35. The second-order valence-corrected chi connectivity index (χ2v) is 6.58. The van der Waals surface area contributed by atoms with Crippen molar-refractivity contribution in [3.8, 4) is 0 Å². The van der Waals surface area contributed by atoms with Crippen LogP contribution in [0.3, 0.4) is 0 Å². The molecule has 18 heavy (non-hydrogen) atoms. The summed E-state index contributed by atoms with van der Waals surface area (Å²) in [5.74, 6) is 0.265. The molecule has 1 amide bonds. The van der Waals surface area contributed by atoms with E-state index in [1.165, 1.54) is 17.7 Å². The number of rotatable bonds is 4. The van der Waals surface area contributed by atoms with Gasteiger partial charge in [-0.2, -0.15) is 0 Å². The van der Waals surface area contributed by atoms with Crippen LogP contribution in [0, 0.1) is 6.92 Å². The van der Waals surface area contributed by atoms with Crippen molar-refractivity contribution in [2.75, 3.05) is 6.54 Å². The summed E-state index contributed by atoms with van der Waals surface area (Å²) in [6.45, 7) is 3.61. The number of piperidine rings is 1. The van der Waals surface area contributed by atoms with Gasteiger partial charge >= 0.3 is 0 Å². The zero-order chi connectivity index (χ0) is 12.5. The van der Waals surface area contributed by atoms with Crippen molar-refractivity contribution >= 4 is 17.2 Å².